The summed E-state index contributed by atoms with van der Waals surface area (Å²) < 4.78 is 16.6. The Kier molecular flexibility index (Phi) is 6.00. The topological polar surface area (TPSA) is 68.2 Å². The van der Waals surface area contributed by atoms with Crippen molar-refractivity contribution in [3.8, 4) is 17.2 Å². The normalized spacial score (nSPS) is 17.5. The van der Waals surface area contributed by atoms with Crippen molar-refractivity contribution < 1.29 is 24.1 Å². The standard InChI is InChI=1S/C25H27NO5/c1-29-21-14-19(15-22(30-2)24(21)31-3)23(26-12-6-9-20(26)25(27)28)18-11-10-16-7-4-5-8-17(16)13-18/h4-5,7-8,10-11,13-15,20,23H,6,9,12H2,1-3H3,(H,27,28). The zero-order valence-corrected chi connectivity index (χ0v) is 18.0. The summed E-state index contributed by atoms with van der Waals surface area (Å²) in [7, 11) is 4.74. The van der Waals surface area contributed by atoms with Crippen molar-refractivity contribution in [2.75, 3.05) is 27.9 Å². The summed E-state index contributed by atoms with van der Waals surface area (Å²) >= 11 is 0. The van der Waals surface area contributed by atoms with Crippen molar-refractivity contribution in [1.82, 2.24) is 4.90 Å². The lowest BCUT2D eigenvalue weighted by molar-refractivity contribution is -0.142. The maximum Gasteiger partial charge on any atom is 0.320 e. The number of hydrogen-bond acceptors (Lipinski definition) is 5. The molecule has 3 aromatic carbocycles. The number of rotatable bonds is 7. The first kappa shape index (κ1) is 21.0. The number of hydrogen-bond donors (Lipinski definition) is 1. The van der Waals surface area contributed by atoms with Crippen LogP contribution in [0.15, 0.2) is 54.6 Å². The number of aliphatic carboxylic acids is 1. The van der Waals surface area contributed by atoms with E-state index < -0.39 is 12.0 Å². The van der Waals surface area contributed by atoms with Crippen molar-refractivity contribution in [1.29, 1.82) is 0 Å². The molecule has 0 saturated carbocycles. The summed E-state index contributed by atoms with van der Waals surface area (Å²) in [6.07, 6.45) is 1.47. The molecule has 1 aliphatic rings. The number of nitrogens with zero attached hydrogens (tertiary/aromatic N) is 1. The first-order chi connectivity index (χ1) is 15.1. The third kappa shape index (κ3) is 3.91. The molecule has 1 fully saturated rings. The molecule has 3 aromatic rings. The Morgan fingerprint density at radius 3 is 2.23 bits per heavy atom. The van der Waals surface area contributed by atoms with Gasteiger partial charge in [0.15, 0.2) is 11.5 Å². The van der Waals surface area contributed by atoms with E-state index in [9.17, 15) is 9.90 Å². The molecule has 0 amide bonds. The van der Waals surface area contributed by atoms with Crippen LogP contribution in [-0.2, 0) is 4.79 Å². The third-order valence-corrected chi connectivity index (χ3v) is 6.00. The number of ether oxygens (including phenoxy) is 3. The molecule has 2 unspecified atom stereocenters. The van der Waals surface area contributed by atoms with E-state index >= 15 is 0 Å². The Hall–Kier alpha value is -3.25. The van der Waals surface area contributed by atoms with E-state index in [4.69, 9.17) is 14.2 Å². The van der Waals surface area contributed by atoms with Crippen molar-refractivity contribution in [2.24, 2.45) is 0 Å². The minimum absolute atomic E-state index is 0.262. The highest BCUT2D eigenvalue weighted by Crippen LogP contribution is 2.44. The number of carboxylic acids is 1. The number of benzene rings is 3. The number of likely N-dealkylation sites (tertiary alicyclic amines) is 1. The number of methoxy groups -OCH3 is 3. The van der Waals surface area contributed by atoms with Gasteiger partial charge in [0, 0.05) is 6.54 Å². The summed E-state index contributed by atoms with van der Waals surface area (Å²) in [5.41, 5.74) is 1.93. The minimum atomic E-state index is -0.796. The lowest BCUT2D eigenvalue weighted by Crippen LogP contribution is -2.39. The SMILES string of the molecule is COc1cc(C(c2ccc3ccccc3c2)N2CCCC2C(=O)O)cc(OC)c1OC. The lowest BCUT2D eigenvalue weighted by Gasteiger charge is -2.32. The molecule has 0 aromatic heterocycles. The van der Waals surface area contributed by atoms with Gasteiger partial charge in [0.05, 0.1) is 27.4 Å². The van der Waals surface area contributed by atoms with Gasteiger partial charge < -0.3 is 19.3 Å². The number of carboxylic acid groups (broad SMARTS) is 1. The van der Waals surface area contributed by atoms with Crippen molar-refractivity contribution in [2.45, 2.75) is 24.9 Å². The maximum atomic E-state index is 12.0. The molecule has 6 nitrogen and oxygen atoms in total. The molecule has 2 atom stereocenters. The van der Waals surface area contributed by atoms with Crippen LogP contribution in [0.5, 0.6) is 17.2 Å². The molecule has 6 heteroatoms. The highest BCUT2D eigenvalue weighted by atomic mass is 16.5. The fraction of sp³-hybridized carbons (Fsp3) is 0.320. The van der Waals surface area contributed by atoms with Gasteiger partial charge in [0.25, 0.3) is 0 Å². The minimum Gasteiger partial charge on any atom is -0.493 e. The quantitative estimate of drug-likeness (QED) is 0.606. The van der Waals surface area contributed by atoms with Gasteiger partial charge in [-0.2, -0.15) is 0 Å². The van der Waals surface area contributed by atoms with Gasteiger partial charge in [-0.25, -0.2) is 0 Å². The summed E-state index contributed by atoms with van der Waals surface area (Å²) in [5, 5.41) is 12.1. The Balaban J connectivity index is 1.91. The molecule has 0 radical (unpaired) electrons. The maximum absolute atomic E-state index is 12.0. The van der Waals surface area contributed by atoms with Crippen LogP contribution in [-0.4, -0.2) is 49.9 Å². The molecule has 1 saturated heterocycles. The van der Waals surface area contributed by atoms with E-state index in [0.717, 1.165) is 28.3 Å². The molecule has 0 aliphatic carbocycles. The van der Waals surface area contributed by atoms with Crippen LogP contribution in [0.3, 0.4) is 0 Å². The molecular weight excluding hydrogens is 394 g/mol. The van der Waals surface area contributed by atoms with Gasteiger partial charge in [-0.15, -0.1) is 0 Å². The largest absolute Gasteiger partial charge is 0.493 e. The van der Waals surface area contributed by atoms with Gasteiger partial charge in [0.1, 0.15) is 6.04 Å². The summed E-state index contributed by atoms with van der Waals surface area (Å²) in [4.78, 5) is 14.1. The molecule has 0 spiro atoms. The Labute approximate surface area is 182 Å². The first-order valence-electron chi connectivity index (χ1n) is 10.3. The molecule has 1 aliphatic heterocycles. The zero-order valence-electron chi connectivity index (χ0n) is 18.0. The van der Waals surface area contributed by atoms with Crippen LogP contribution in [0.4, 0.5) is 0 Å². The summed E-state index contributed by atoms with van der Waals surface area (Å²) in [6.45, 7) is 0.700. The molecule has 1 N–H and O–H groups in total. The zero-order chi connectivity index (χ0) is 22.0. The van der Waals surface area contributed by atoms with Crippen LogP contribution in [0.25, 0.3) is 10.8 Å². The first-order valence-corrected chi connectivity index (χ1v) is 10.3. The molecule has 31 heavy (non-hydrogen) atoms. The van der Waals surface area contributed by atoms with Gasteiger partial charge in [0.2, 0.25) is 5.75 Å². The number of fused-ring (bicyclic) bond motifs is 1. The van der Waals surface area contributed by atoms with E-state index in [1.807, 2.05) is 24.3 Å². The average Bonchev–Trinajstić information content (AvgIpc) is 3.28. The van der Waals surface area contributed by atoms with Gasteiger partial charge in [-0.1, -0.05) is 36.4 Å². The van der Waals surface area contributed by atoms with Crippen LogP contribution in [0, 0.1) is 0 Å². The van der Waals surface area contributed by atoms with Gasteiger partial charge in [-0.3, -0.25) is 9.69 Å². The molecule has 4 rings (SSSR count). The van der Waals surface area contributed by atoms with E-state index in [1.165, 1.54) is 0 Å². The second-order valence-corrected chi connectivity index (χ2v) is 7.70. The highest BCUT2D eigenvalue weighted by molar-refractivity contribution is 5.83. The fourth-order valence-electron chi connectivity index (χ4n) is 4.58. The molecule has 1 heterocycles. The predicted octanol–water partition coefficient (Wildman–Crippen LogP) is 4.50. The van der Waals surface area contributed by atoms with E-state index in [2.05, 4.69) is 35.2 Å². The fourth-order valence-corrected chi connectivity index (χ4v) is 4.58. The Morgan fingerprint density at radius 2 is 1.61 bits per heavy atom. The molecule has 0 bridgehead atoms. The van der Waals surface area contributed by atoms with Crippen LogP contribution in [0.2, 0.25) is 0 Å². The van der Waals surface area contributed by atoms with Crippen LogP contribution in [0.1, 0.15) is 30.0 Å². The Bertz CT molecular complexity index is 1070. The van der Waals surface area contributed by atoms with Gasteiger partial charge in [-0.05, 0) is 52.9 Å². The second-order valence-electron chi connectivity index (χ2n) is 7.70. The van der Waals surface area contributed by atoms with Crippen molar-refractivity contribution in [3.05, 3.63) is 65.7 Å². The lowest BCUT2D eigenvalue weighted by atomic mass is 9.93. The van der Waals surface area contributed by atoms with Crippen molar-refractivity contribution >= 4 is 16.7 Å². The monoisotopic (exact) mass is 421 g/mol. The predicted molar refractivity (Wildman–Crippen MR) is 119 cm³/mol. The van der Waals surface area contributed by atoms with Crippen LogP contribution >= 0.6 is 0 Å². The molecular formula is C25H27NO5. The highest BCUT2D eigenvalue weighted by Gasteiger charge is 2.37. The third-order valence-electron chi connectivity index (χ3n) is 6.00. The smallest absolute Gasteiger partial charge is 0.320 e. The van der Waals surface area contributed by atoms with E-state index in [-0.39, 0.29) is 6.04 Å². The van der Waals surface area contributed by atoms with Gasteiger partial charge >= 0.3 is 5.97 Å². The van der Waals surface area contributed by atoms with Crippen molar-refractivity contribution in [3.63, 3.8) is 0 Å². The second kappa shape index (κ2) is 8.86. The summed E-state index contributed by atoms with van der Waals surface area (Å²) in [5.74, 6) is 0.820. The number of carbonyl (C=O) groups is 1. The van der Waals surface area contributed by atoms with Crippen LogP contribution < -0.4 is 14.2 Å². The van der Waals surface area contributed by atoms with E-state index in [1.54, 1.807) is 21.3 Å². The summed E-state index contributed by atoms with van der Waals surface area (Å²) in [6, 6.07) is 17.5. The molecule has 162 valence electrons. The van der Waals surface area contributed by atoms with E-state index in [0.29, 0.717) is 30.2 Å². The average molecular weight is 421 g/mol. The Morgan fingerprint density at radius 1 is 0.935 bits per heavy atom.